The van der Waals surface area contributed by atoms with Crippen LogP contribution in [0.25, 0.3) is 33.1 Å². The highest BCUT2D eigenvalue weighted by Gasteiger charge is 2.16. The van der Waals surface area contributed by atoms with Crippen molar-refractivity contribution in [1.82, 2.24) is 19.7 Å². The highest BCUT2D eigenvalue weighted by molar-refractivity contribution is 6.03. The SMILES string of the molecule is COc1ccccc1Cn1c(=O)[nH]c2cnc3cc(-c4c(C)noc4C)ccc3c21. The van der Waals surface area contributed by atoms with Crippen molar-refractivity contribution in [3.63, 3.8) is 0 Å². The van der Waals surface area contributed by atoms with Crippen molar-refractivity contribution in [3.05, 3.63) is 76.2 Å². The van der Waals surface area contributed by atoms with Crippen LogP contribution in [0.3, 0.4) is 0 Å². The molecule has 0 amide bonds. The van der Waals surface area contributed by atoms with E-state index in [1.807, 2.05) is 56.3 Å². The summed E-state index contributed by atoms with van der Waals surface area (Å²) in [5, 5.41) is 4.94. The summed E-state index contributed by atoms with van der Waals surface area (Å²) < 4.78 is 12.5. The summed E-state index contributed by atoms with van der Waals surface area (Å²) in [7, 11) is 1.63. The molecule has 2 aromatic carbocycles. The van der Waals surface area contributed by atoms with Gasteiger partial charge in [-0.25, -0.2) is 4.79 Å². The zero-order valence-corrected chi connectivity index (χ0v) is 16.9. The molecule has 7 nitrogen and oxygen atoms in total. The van der Waals surface area contributed by atoms with Crippen molar-refractivity contribution >= 4 is 21.9 Å². The van der Waals surface area contributed by atoms with Gasteiger partial charge in [0.05, 0.1) is 42.1 Å². The molecule has 150 valence electrons. The third kappa shape index (κ3) is 2.78. The van der Waals surface area contributed by atoms with Crippen LogP contribution in [0, 0.1) is 13.8 Å². The van der Waals surface area contributed by atoms with Crippen LogP contribution >= 0.6 is 0 Å². The first-order valence-electron chi connectivity index (χ1n) is 9.63. The van der Waals surface area contributed by atoms with Gasteiger partial charge in [-0.05, 0) is 31.5 Å². The Balaban J connectivity index is 1.71. The van der Waals surface area contributed by atoms with Crippen LogP contribution in [0.2, 0.25) is 0 Å². The third-order valence-electron chi connectivity index (χ3n) is 5.44. The van der Waals surface area contributed by atoms with Gasteiger partial charge in [-0.3, -0.25) is 9.55 Å². The Labute approximate surface area is 171 Å². The second kappa shape index (κ2) is 6.88. The van der Waals surface area contributed by atoms with E-state index in [0.29, 0.717) is 12.1 Å². The van der Waals surface area contributed by atoms with E-state index in [-0.39, 0.29) is 5.69 Å². The Hall–Kier alpha value is -3.87. The lowest BCUT2D eigenvalue weighted by Gasteiger charge is -2.10. The molecule has 30 heavy (non-hydrogen) atoms. The number of aromatic nitrogens is 4. The van der Waals surface area contributed by atoms with E-state index in [4.69, 9.17) is 9.26 Å². The van der Waals surface area contributed by atoms with Crippen molar-refractivity contribution in [2.45, 2.75) is 20.4 Å². The summed E-state index contributed by atoms with van der Waals surface area (Å²) in [6.45, 7) is 4.21. The van der Waals surface area contributed by atoms with Gasteiger partial charge in [-0.15, -0.1) is 0 Å². The Bertz CT molecular complexity index is 1440. The number of nitrogens with one attached hydrogen (secondary N) is 1. The van der Waals surface area contributed by atoms with Gasteiger partial charge in [-0.2, -0.15) is 0 Å². The summed E-state index contributed by atoms with van der Waals surface area (Å²) >= 11 is 0. The van der Waals surface area contributed by atoms with E-state index in [1.165, 1.54) is 0 Å². The van der Waals surface area contributed by atoms with Crippen molar-refractivity contribution in [2.75, 3.05) is 7.11 Å². The molecule has 0 bridgehead atoms. The number of aryl methyl sites for hydroxylation is 2. The molecular formula is C23H20N4O3. The van der Waals surface area contributed by atoms with Crippen LogP contribution in [0.15, 0.2) is 58.0 Å². The average molecular weight is 400 g/mol. The average Bonchev–Trinajstić information content (AvgIpc) is 3.26. The standard InChI is InChI=1S/C23H20N4O3/c1-13-21(14(2)30-26-13)15-8-9-17-18(10-15)24-11-19-22(17)27(23(28)25-19)12-16-6-4-5-7-20(16)29-3/h4-11H,12H2,1-3H3,(H,25,28). The van der Waals surface area contributed by atoms with Crippen molar-refractivity contribution < 1.29 is 9.26 Å². The second-order valence-corrected chi connectivity index (χ2v) is 7.28. The smallest absolute Gasteiger partial charge is 0.326 e. The molecule has 0 atom stereocenters. The molecule has 5 aromatic rings. The number of hydrogen-bond acceptors (Lipinski definition) is 5. The minimum Gasteiger partial charge on any atom is -0.496 e. The minimum atomic E-state index is -0.181. The molecule has 0 aliphatic rings. The molecule has 0 radical (unpaired) electrons. The number of imidazole rings is 1. The predicted octanol–water partition coefficient (Wildman–Crippen LogP) is 4.21. The monoisotopic (exact) mass is 400 g/mol. The number of H-pyrrole nitrogens is 1. The van der Waals surface area contributed by atoms with Crippen molar-refractivity contribution in [1.29, 1.82) is 0 Å². The molecule has 7 heteroatoms. The fraction of sp³-hybridized carbons (Fsp3) is 0.174. The highest BCUT2D eigenvalue weighted by atomic mass is 16.5. The van der Waals surface area contributed by atoms with E-state index >= 15 is 0 Å². The first kappa shape index (κ1) is 18.2. The summed E-state index contributed by atoms with van der Waals surface area (Å²) in [6.07, 6.45) is 1.70. The van der Waals surface area contributed by atoms with E-state index in [0.717, 1.165) is 50.3 Å². The second-order valence-electron chi connectivity index (χ2n) is 7.28. The molecule has 0 fully saturated rings. The van der Waals surface area contributed by atoms with Crippen LogP contribution in [-0.2, 0) is 6.54 Å². The molecular weight excluding hydrogens is 380 g/mol. The zero-order valence-electron chi connectivity index (χ0n) is 16.9. The van der Waals surface area contributed by atoms with Gasteiger partial charge in [0.1, 0.15) is 11.5 Å². The fourth-order valence-electron chi connectivity index (χ4n) is 4.05. The Kier molecular flexibility index (Phi) is 4.17. The van der Waals surface area contributed by atoms with Crippen LogP contribution in [0.4, 0.5) is 0 Å². The molecule has 3 aromatic heterocycles. The molecule has 0 saturated heterocycles. The van der Waals surface area contributed by atoms with E-state index in [2.05, 4.69) is 15.1 Å². The maximum atomic E-state index is 12.7. The summed E-state index contributed by atoms with van der Waals surface area (Å²) in [4.78, 5) is 20.2. The third-order valence-corrected chi connectivity index (χ3v) is 5.44. The van der Waals surface area contributed by atoms with Crippen molar-refractivity contribution in [3.8, 4) is 16.9 Å². The molecule has 1 N–H and O–H groups in total. The van der Waals surface area contributed by atoms with Gasteiger partial charge in [0.2, 0.25) is 0 Å². The fourth-order valence-corrected chi connectivity index (χ4v) is 4.05. The molecule has 3 heterocycles. The Morgan fingerprint density at radius 3 is 2.77 bits per heavy atom. The molecule has 0 aliphatic heterocycles. The van der Waals surface area contributed by atoms with E-state index in [9.17, 15) is 4.79 Å². The quantitative estimate of drug-likeness (QED) is 0.488. The van der Waals surface area contributed by atoms with E-state index < -0.39 is 0 Å². The number of aromatic amines is 1. The highest BCUT2D eigenvalue weighted by Crippen LogP contribution is 2.31. The Morgan fingerprint density at radius 1 is 1.17 bits per heavy atom. The summed E-state index contributed by atoms with van der Waals surface area (Å²) in [6, 6.07) is 13.7. The lowest BCUT2D eigenvalue weighted by Crippen LogP contribution is -2.17. The molecule has 0 aliphatic carbocycles. The number of para-hydroxylation sites is 1. The number of hydrogen-bond donors (Lipinski definition) is 1. The maximum absolute atomic E-state index is 12.7. The first-order valence-corrected chi connectivity index (χ1v) is 9.63. The number of pyridine rings is 1. The number of rotatable bonds is 4. The lowest BCUT2D eigenvalue weighted by atomic mass is 10.0. The lowest BCUT2D eigenvalue weighted by molar-refractivity contribution is 0.393. The van der Waals surface area contributed by atoms with Gasteiger partial charge in [0.15, 0.2) is 0 Å². The molecule has 5 rings (SSSR count). The van der Waals surface area contributed by atoms with Gasteiger partial charge in [-0.1, -0.05) is 35.5 Å². The minimum absolute atomic E-state index is 0.181. The van der Waals surface area contributed by atoms with E-state index in [1.54, 1.807) is 17.9 Å². The molecule has 0 unspecified atom stereocenters. The van der Waals surface area contributed by atoms with Crippen molar-refractivity contribution in [2.24, 2.45) is 0 Å². The predicted molar refractivity (Wildman–Crippen MR) is 115 cm³/mol. The zero-order chi connectivity index (χ0) is 20.8. The van der Waals surface area contributed by atoms with Crippen LogP contribution < -0.4 is 10.4 Å². The summed E-state index contributed by atoms with van der Waals surface area (Å²) in [5.41, 5.74) is 5.86. The van der Waals surface area contributed by atoms with Crippen LogP contribution in [0.5, 0.6) is 5.75 Å². The van der Waals surface area contributed by atoms with Gasteiger partial charge in [0.25, 0.3) is 0 Å². The normalized spacial score (nSPS) is 11.4. The number of nitrogens with zero attached hydrogens (tertiary/aromatic N) is 3. The van der Waals surface area contributed by atoms with Crippen LogP contribution in [0.1, 0.15) is 17.0 Å². The summed E-state index contributed by atoms with van der Waals surface area (Å²) in [5.74, 6) is 1.51. The molecule has 0 saturated carbocycles. The first-order chi connectivity index (χ1) is 14.6. The largest absolute Gasteiger partial charge is 0.496 e. The maximum Gasteiger partial charge on any atom is 0.326 e. The number of methoxy groups -OCH3 is 1. The van der Waals surface area contributed by atoms with Gasteiger partial charge < -0.3 is 14.2 Å². The van der Waals surface area contributed by atoms with Crippen LogP contribution in [-0.4, -0.2) is 26.8 Å². The van der Waals surface area contributed by atoms with Gasteiger partial charge in [0, 0.05) is 16.5 Å². The topological polar surface area (TPSA) is 85.9 Å². The number of fused-ring (bicyclic) bond motifs is 3. The molecule has 0 spiro atoms. The number of ether oxygens (including phenoxy) is 1. The van der Waals surface area contributed by atoms with Gasteiger partial charge >= 0.3 is 5.69 Å². The number of benzene rings is 2. The Morgan fingerprint density at radius 2 is 2.00 bits per heavy atom.